The van der Waals surface area contributed by atoms with Gasteiger partial charge in [0.15, 0.2) is 0 Å². The van der Waals surface area contributed by atoms with Crippen LogP contribution in [0.3, 0.4) is 0 Å². The number of fused-ring (bicyclic) bond motifs is 3. The van der Waals surface area contributed by atoms with Gasteiger partial charge >= 0.3 is 11.1 Å². The molecule has 0 saturated heterocycles. The van der Waals surface area contributed by atoms with Crippen molar-refractivity contribution in [3.05, 3.63) is 38.9 Å². The Morgan fingerprint density at radius 1 is 1.12 bits per heavy atom. The van der Waals surface area contributed by atoms with E-state index in [1.54, 1.807) is 12.1 Å². The number of hydrogen-bond acceptors (Lipinski definition) is 4. The van der Waals surface area contributed by atoms with Gasteiger partial charge in [-0.15, -0.1) is 11.3 Å². The maximum absolute atomic E-state index is 11.2. The van der Waals surface area contributed by atoms with Crippen molar-refractivity contribution in [3.63, 3.8) is 0 Å². The summed E-state index contributed by atoms with van der Waals surface area (Å²) >= 11 is 1.41. The van der Waals surface area contributed by atoms with Gasteiger partial charge in [0.1, 0.15) is 4.83 Å². The van der Waals surface area contributed by atoms with Gasteiger partial charge in [0.05, 0.1) is 5.52 Å². The molecule has 4 N–H and O–H groups in total. The van der Waals surface area contributed by atoms with Crippen molar-refractivity contribution < 1.29 is 0 Å². The van der Waals surface area contributed by atoms with E-state index < -0.39 is 11.1 Å². The molecule has 2 aromatic heterocycles. The Hall–Kier alpha value is -2.08. The summed E-state index contributed by atoms with van der Waals surface area (Å²) in [6.07, 6.45) is 0. The molecular formula is C10H7N3O2S. The molecule has 0 aliphatic rings. The number of nitrogen functional groups attached to an aromatic ring is 1. The second-order valence-corrected chi connectivity index (χ2v) is 4.52. The lowest BCUT2D eigenvalue weighted by Crippen LogP contribution is -2.28. The van der Waals surface area contributed by atoms with Crippen molar-refractivity contribution in [1.29, 1.82) is 0 Å². The van der Waals surface area contributed by atoms with Crippen LogP contribution in [0.25, 0.3) is 20.4 Å². The standard InChI is InChI=1S/C10H7N3O2S/c11-4-1-2-6-5(3-4)7-10(16-6)13-9(15)8(14)12-7/h1-3H,11H2,(H,12,14)(H,13,15). The summed E-state index contributed by atoms with van der Waals surface area (Å²) in [4.78, 5) is 28.2. The minimum atomic E-state index is -0.644. The highest BCUT2D eigenvalue weighted by Gasteiger charge is 2.07. The largest absolute Gasteiger partial charge is 0.399 e. The van der Waals surface area contributed by atoms with Gasteiger partial charge in [-0.25, -0.2) is 0 Å². The number of thiophene rings is 1. The zero-order valence-electron chi connectivity index (χ0n) is 8.03. The molecule has 0 fully saturated rings. The van der Waals surface area contributed by atoms with E-state index in [1.165, 1.54) is 11.3 Å². The van der Waals surface area contributed by atoms with Gasteiger partial charge in [0, 0.05) is 15.8 Å². The van der Waals surface area contributed by atoms with Gasteiger partial charge in [-0.2, -0.15) is 0 Å². The fourth-order valence-corrected chi connectivity index (χ4v) is 2.69. The fraction of sp³-hybridized carbons (Fsp3) is 0. The highest BCUT2D eigenvalue weighted by atomic mass is 32.1. The van der Waals surface area contributed by atoms with E-state index in [1.807, 2.05) is 6.07 Å². The van der Waals surface area contributed by atoms with E-state index in [4.69, 9.17) is 5.73 Å². The number of nitrogens with two attached hydrogens (primary N) is 1. The average Bonchev–Trinajstić information content (AvgIpc) is 2.57. The Kier molecular flexibility index (Phi) is 1.69. The summed E-state index contributed by atoms with van der Waals surface area (Å²) in [5.41, 5.74) is 5.67. The quantitative estimate of drug-likeness (QED) is 0.399. The van der Waals surface area contributed by atoms with Crippen LogP contribution in [0.1, 0.15) is 0 Å². The second-order valence-electron chi connectivity index (χ2n) is 3.47. The number of aromatic amines is 2. The summed E-state index contributed by atoms with van der Waals surface area (Å²) in [6, 6.07) is 5.43. The van der Waals surface area contributed by atoms with Gasteiger partial charge in [-0.3, -0.25) is 9.59 Å². The molecule has 6 heteroatoms. The maximum Gasteiger partial charge on any atom is 0.314 e. The van der Waals surface area contributed by atoms with E-state index in [9.17, 15) is 9.59 Å². The van der Waals surface area contributed by atoms with Crippen LogP contribution in [0.2, 0.25) is 0 Å². The molecule has 0 saturated carbocycles. The summed E-state index contributed by atoms with van der Waals surface area (Å²) in [5, 5.41) is 0.855. The molecule has 0 atom stereocenters. The van der Waals surface area contributed by atoms with E-state index >= 15 is 0 Å². The van der Waals surface area contributed by atoms with Crippen LogP contribution in [0.4, 0.5) is 5.69 Å². The first kappa shape index (κ1) is 9.17. The summed E-state index contributed by atoms with van der Waals surface area (Å²) < 4.78 is 0.974. The molecule has 0 spiro atoms. The van der Waals surface area contributed by atoms with E-state index in [-0.39, 0.29) is 0 Å². The number of nitrogens with one attached hydrogen (secondary N) is 2. The number of rotatable bonds is 0. The van der Waals surface area contributed by atoms with Crippen molar-refractivity contribution in [3.8, 4) is 0 Å². The lowest BCUT2D eigenvalue weighted by atomic mass is 10.2. The molecule has 80 valence electrons. The molecule has 3 rings (SSSR count). The SMILES string of the molecule is Nc1ccc2sc3[nH]c(=O)c(=O)[nH]c3c2c1. The van der Waals surface area contributed by atoms with Crippen molar-refractivity contribution in [2.45, 2.75) is 0 Å². The molecule has 0 unspecified atom stereocenters. The molecule has 0 aliphatic carbocycles. The normalized spacial score (nSPS) is 11.2. The Morgan fingerprint density at radius 2 is 1.88 bits per heavy atom. The van der Waals surface area contributed by atoms with Crippen LogP contribution in [0.5, 0.6) is 0 Å². The molecular weight excluding hydrogens is 226 g/mol. The zero-order chi connectivity index (χ0) is 11.3. The zero-order valence-corrected chi connectivity index (χ0v) is 8.85. The van der Waals surface area contributed by atoms with Crippen LogP contribution in [-0.4, -0.2) is 9.97 Å². The third-order valence-corrected chi connectivity index (χ3v) is 3.47. The van der Waals surface area contributed by atoms with E-state index in [2.05, 4.69) is 9.97 Å². The van der Waals surface area contributed by atoms with Crippen LogP contribution in [-0.2, 0) is 0 Å². The lowest BCUT2D eigenvalue weighted by molar-refractivity contribution is 1.16. The Bertz CT molecular complexity index is 812. The van der Waals surface area contributed by atoms with Gasteiger partial charge in [-0.05, 0) is 18.2 Å². The first-order chi connectivity index (χ1) is 7.65. The monoisotopic (exact) mass is 233 g/mol. The van der Waals surface area contributed by atoms with Crippen molar-refractivity contribution in [2.24, 2.45) is 0 Å². The molecule has 0 aliphatic heterocycles. The van der Waals surface area contributed by atoms with Crippen LogP contribution >= 0.6 is 11.3 Å². The fourth-order valence-electron chi connectivity index (χ4n) is 1.66. The first-order valence-electron chi connectivity index (χ1n) is 4.59. The molecule has 16 heavy (non-hydrogen) atoms. The third kappa shape index (κ3) is 1.17. The van der Waals surface area contributed by atoms with Crippen molar-refractivity contribution >= 4 is 37.5 Å². The van der Waals surface area contributed by atoms with Crippen molar-refractivity contribution in [1.82, 2.24) is 9.97 Å². The molecule has 0 bridgehead atoms. The Labute approximate surface area is 92.5 Å². The Morgan fingerprint density at radius 3 is 2.69 bits per heavy atom. The predicted molar refractivity (Wildman–Crippen MR) is 65.0 cm³/mol. The van der Waals surface area contributed by atoms with Gasteiger partial charge in [0.25, 0.3) is 0 Å². The predicted octanol–water partition coefficient (Wildman–Crippen LogP) is 1.01. The Balaban J connectivity index is 2.63. The summed E-state index contributed by atoms with van der Waals surface area (Å²) in [5.74, 6) is 0. The molecule has 0 radical (unpaired) electrons. The summed E-state index contributed by atoms with van der Waals surface area (Å²) in [6.45, 7) is 0. The average molecular weight is 233 g/mol. The molecule has 1 aromatic carbocycles. The van der Waals surface area contributed by atoms with Crippen LogP contribution in [0.15, 0.2) is 27.8 Å². The summed E-state index contributed by atoms with van der Waals surface area (Å²) in [7, 11) is 0. The minimum Gasteiger partial charge on any atom is -0.399 e. The first-order valence-corrected chi connectivity index (χ1v) is 5.41. The highest BCUT2D eigenvalue weighted by molar-refractivity contribution is 7.25. The minimum absolute atomic E-state index is 0.624. The molecule has 0 amide bonds. The number of hydrogen-bond donors (Lipinski definition) is 3. The van der Waals surface area contributed by atoms with Crippen LogP contribution < -0.4 is 16.9 Å². The topological polar surface area (TPSA) is 91.7 Å². The van der Waals surface area contributed by atoms with Crippen molar-refractivity contribution in [2.75, 3.05) is 5.73 Å². The number of anilines is 1. The van der Waals surface area contributed by atoms with Gasteiger partial charge < -0.3 is 15.7 Å². The number of H-pyrrole nitrogens is 2. The van der Waals surface area contributed by atoms with Gasteiger partial charge in [-0.1, -0.05) is 0 Å². The molecule has 5 nitrogen and oxygen atoms in total. The maximum atomic E-state index is 11.2. The molecule has 2 heterocycles. The number of benzene rings is 1. The van der Waals surface area contributed by atoms with E-state index in [0.29, 0.717) is 16.0 Å². The molecule has 3 aromatic rings. The second kappa shape index (κ2) is 2.96. The number of aromatic nitrogens is 2. The van der Waals surface area contributed by atoms with Gasteiger partial charge in [0.2, 0.25) is 0 Å². The lowest BCUT2D eigenvalue weighted by Gasteiger charge is -1.93. The third-order valence-electron chi connectivity index (χ3n) is 2.38. The van der Waals surface area contributed by atoms with E-state index in [0.717, 1.165) is 10.1 Å². The highest BCUT2D eigenvalue weighted by Crippen LogP contribution is 2.31. The smallest absolute Gasteiger partial charge is 0.314 e. The van der Waals surface area contributed by atoms with Crippen LogP contribution in [0, 0.1) is 0 Å².